The van der Waals surface area contributed by atoms with Gasteiger partial charge in [0.15, 0.2) is 0 Å². The predicted molar refractivity (Wildman–Crippen MR) is 82.3 cm³/mol. The Hall–Kier alpha value is -2.16. The Morgan fingerprint density at radius 2 is 2.00 bits per heavy atom. The molecule has 24 heavy (non-hydrogen) atoms. The zero-order valence-electron chi connectivity index (χ0n) is 13.5. The minimum absolute atomic E-state index is 0.0739. The molecule has 0 bridgehead atoms. The highest BCUT2D eigenvalue weighted by molar-refractivity contribution is 6.38. The fourth-order valence-corrected chi connectivity index (χ4v) is 2.61. The minimum atomic E-state index is -1.39. The van der Waals surface area contributed by atoms with E-state index in [-0.39, 0.29) is 19.0 Å². The molecule has 1 saturated carbocycles. The maximum absolute atomic E-state index is 12.3. The monoisotopic (exact) mass is 341 g/mol. The van der Waals surface area contributed by atoms with E-state index in [9.17, 15) is 19.2 Å². The molecule has 1 heterocycles. The van der Waals surface area contributed by atoms with E-state index in [2.05, 4.69) is 20.7 Å². The lowest BCUT2D eigenvalue weighted by molar-refractivity contribution is -0.140. The summed E-state index contributed by atoms with van der Waals surface area (Å²) in [7, 11) is 0. The van der Waals surface area contributed by atoms with Crippen LogP contribution in [-0.4, -0.2) is 59.6 Å². The number of carbonyl (C=O) groups is 4. The van der Waals surface area contributed by atoms with Gasteiger partial charge in [0.2, 0.25) is 11.7 Å². The van der Waals surface area contributed by atoms with Crippen molar-refractivity contribution < 1.29 is 29.0 Å². The molecule has 0 radical (unpaired) electrons. The first kappa shape index (κ1) is 18.2. The van der Waals surface area contributed by atoms with Crippen molar-refractivity contribution in [3.63, 3.8) is 0 Å². The lowest BCUT2D eigenvalue weighted by atomic mass is 10.1. The van der Waals surface area contributed by atoms with E-state index < -0.39 is 41.9 Å². The SMILES string of the molecule is CCC[C@H](NC(=O)[C@@H]1C[C@@H](OC(=O)O)CN1)C(=O)C(=O)NC1CC1. The first-order valence-electron chi connectivity index (χ1n) is 8.18. The molecule has 1 saturated heterocycles. The Labute approximate surface area is 139 Å². The van der Waals surface area contributed by atoms with Gasteiger partial charge >= 0.3 is 6.16 Å². The molecule has 2 fully saturated rings. The van der Waals surface area contributed by atoms with Crippen molar-refractivity contribution in [2.75, 3.05) is 6.54 Å². The van der Waals surface area contributed by atoms with Crippen LogP contribution in [0.1, 0.15) is 39.0 Å². The van der Waals surface area contributed by atoms with Crippen LogP contribution in [0.15, 0.2) is 0 Å². The summed E-state index contributed by atoms with van der Waals surface area (Å²) in [5.41, 5.74) is 0. The molecule has 1 aliphatic heterocycles. The van der Waals surface area contributed by atoms with E-state index >= 15 is 0 Å². The summed E-state index contributed by atoms with van der Waals surface area (Å²) in [5.74, 6) is -1.74. The maximum atomic E-state index is 12.3. The van der Waals surface area contributed by atoms with Gasteiger partial charge < -0.3 is 25.8 Å². The average molecular weight is 341 g/mol. The van der Waals surface area contributed by atoms with Crippen LogP contribution in [0.5, 0.6) is 0 Å². The van der Waals surface area contributed by atoms with E-state index in [1.165, 1.54) is 0 Å². The Bertz CT molecular complexity index is 519. The smallest absolute Gasteiger partial charge is 0.450 e. The van der Waals surface area contributed by atoms with Crippen LogP contribution < -0.4 is 16.0 Å². The molecule has 2 rings (SSSR count). The maximum Gasteiger partial charge on any atom is 0.506 e. The highest BCUT2D eigenvalue weighted by atomic mass is 16.7. The van der Waals surface area contributed by atoms with Gasteiger partial charge in [0.25, 0.3) is 5.91 Å². The van der Waals surface area contributed by atoms with E-state index in [1.54, 1.807) is 0 Å². The molecule has 2 amide bonds. The second-order valence-electron chi connectivity index (χ2n) is 6.16. The van der Waals surface area contributed by atoms with Crippen molar-refractivity contribution in [3.8, 4) is 0 Å². The van der Waals surface area contributed by atoms with Gasteiger partial charge in [0, 0.05) is 19.0 Å². The number of carbonyl (C=O) groups excluding carboxylic acids is 3. The van der Waals surface area contributed by atoms with Gasteiger partial charge in [-0.3, -0.25) is 14.4 Å². The zero-order chi connectivity index (χ0) is 17.7. The molecular formula is C15H23N3O6. The largest absolute Gasteiger partial charge is 0.506 e. The highest BCUT2D eigenvalue weighted by Gasteiger charge is 2.35. The van der Waals surface area contributed by atoms with Gasteiger partial charge in [-0.1, -0.05) is 13.3 Å². The van der Waals surface area contributed by atoms with Crippen LogP contribution in [0.4, 0.5) is 4.79 Å². The molecule has 1 aliphatic carbocycles. The number of hydrogen-bond acceptors (Lipinski definition) is 6. The molecule has 0 aromatic heterocycles. The molecule has 4 N–H and O–H groups in total. The topological polar surface area (TPSA) is 134 Å². The summed E-state index contributed by atoms with van der Waals surface area (Å²) in [4.78, 5) is 46.9. The van der Waals surface area contributed by atoms with Crippen molar-refractivity contribution in [1.82, 2.24) is 16.0 Å². The quantitative estimate of drug-likeness (QED) is 0.347. The van der Waals surface area contributed by atoms with Crippen LogP contribution in [-0.2, 0) is 19.1 Å². The number of nitrogens with one attached hydrogen (secondary N) is 3. The number of rotatable bonds is 8. The Morgan fingerprint density at radius 1 is 1.29 bits per heavy atom. The summed E-state index contributed by atoms with van der Waals surface area (Å²) in [6.07, 6.45) is 0.956. The van der Waals surface area contributed by atoms with Crippen molar-refractivity contribution in [2.24, 2.45) is 0 Å². The van der Waals surface area contributed by atoms with E-state index in [0.29, 0.717) is 12.8 Å². The number of amides is 2. The number of ketones is 1. The molecule has 0 aromatic rings. The van der Waals surface area contributed by atoms with E-state index in [1.807, 2.05) is 6.92 Å². The third-order valence-corrected chi connectivity index (χ3v) is 4.02. The van der Waals surface area contributed by atoms with Crippen LogP contribution in [0.25, 0.3) is 0 Å². The highest BCUT2D eigenvalue weighted by Crippen LogP contribution is 2.18. The normalized spacial score (nSPS) is 24.0. The third-order valence-electron chi connectivity index (χ3n) is 4.02. The van der Waals surface area contributed by atoms with E-state index in [4.69, 9.17) is 5.11 Å². The van der Waals surface area contributed by atoms with Gasteiger partial charge in [-0.15, -0.1) is 0 Å². The lowest BCUT2D eigenvalue weighted by Gasteiger charge is -2.19. The number of hydrogen-bond donors (Lipinski definition) is 4. The second-order valence-corrected chi connectivity index (χ2v) is 6.16. The van der Waals surface area contributed by atoms with Gasteiger partial charge in [0.1, 0.15) is 6.10 Å². The second kappa shape index (κ2) is 8.09. The zero-order valence-corrected chi connectivity index (χ0v) is 13.5. The Kier molecular flexibility index (Phi) is 6.13. The molecule has 134 valence electrons. The minimum Gasteiger partial charge on any atom is -0.450 e. The molecule has 9 heteroatoms. The van der Waals surface area contributed by atoms with Crippen LogP contribution >= 0.6 is 0 Å². The molecular weight excluding hydrogens is 318 g/mol. The van der Waals surface area contributed by atoms with Crippen molar-refractivity contribution in [1.29, 1.82) is 0 Å². The molecule has 2 aliphatic rings. The standard InChI is InChI=1S/C15H23N3O6/c1-2-3-10(12(19)14(21)17-8-4-5-8)18-13(20)11-6-9(7-16-11)24-15(22)23/h8-11,16H,2-7H2,1H3,(H,17,21)(H,18,20)(H,22,23)/t9-,10+,11+/m1/s1. The molecule has 3 atom stereocenters. The fraction of sp³-hybridized carbons (Fsp3) is 0.733. The predicted octanol–water partition coefficient (Wildman–Crippen LogP) is -0.456. The van der Waals surface area contributed by atoms with E-state index in [0.717, 1.165) is 12.8 Å². The molecule has 0 aromatic carbocycles. The molecule has 9 nitrogen and oxygen atoms in total. The van der Waals surface area contributed by atoms with Gasteiger partial charge in [-0.25, -0.2) is 4.79 Å². The van der Waals surface area contributed by atoms with Gasteiger partial charge in [0.05, 0.1) is 12.1 Å². The Balaban J connectivity index is 1.87. The summed E-state index contributed by atoms with van der Waals surface area (Å²) >= 11 is 0. The first-order chi connectivity index (χ1) is 11.4. The van der Waals surface area contributed by atoms with Crippen LogP contribution in [0.3, 0.4) is 0 Å². The third kappa shape index (κ3) is 5.19. The molecule has 0 unspecified atom stereocenters. The van der Waals surface area contributed by atoms with Crippen molar-refractivity contribution in [2.45, 2.75) is 63.3 Å². The number of Topliss-reactive ketones (excluding diaryl/α,β-unsaturated/α-hetero) is 1. The van der Waals surface area contributed by atoms with Crippen LogP contribution in [0.2, 0.25) is 0 Å². The summed E-state index contributed by atoms with van der Waals surface area (Å²) in [6, 6.07) is -1.44. The van der Waals surface area contributed by atoms with Gasteiger partial charge in [-0.2, -0.15) is 0 Å². The summed E-state index contributed by atoms with van der Waals surface area (Å²) in [6.45, 7) is 2.09. The summed E-state index contributed by atoms with van der Waals surface area (Å²) in [5, 5.41) is 16.7. The van der Waals surface area contributed by atoms with Crippen molar-refractivity contribution in [3.05, 3.63) is 0 Å². The van der Waals surface area contributed by atoms with Gasteiger partial charge in [-0.05, 0) is 19.3 Å². The fourth-order valence-electron chi connectivity index (χ4n) is 2.61. The lowest BCUT2D eigenvalue weighted by Crippen LogP contribution is -2.51. The first-order valence-corrected chi connectivity index (χ1v) is 8.18. The number of carboxylic acid groups (broad SMARTS) is 1. The Morgan fingerprint density at radius 3 is 2.58 bits per heavy atom. The number of ether oxygens (including phenoxy) is 1. The van der Waals surface area contributed by atoms with Crippen molar-refractivity contribution >= 4 is 23.8 Å². The summed E-state index contributed by atoms with van der Waals surface area (Å²) < 4.78 is 4.62. The van der Waals surface area contributed by atoms with Crippen LogP contribution in [0, 0.1) is 0 Å². The average Bonchev–Trinajstić information content (AvgIpc) is 3.21. The molecule has 0 spiro atoms.